The summed E-state index contributed by atoms with van der Waals surface area (Å²) in [4.78, 5) is 11.1. The summed E-state index contributed by atoms with van der Waals surface area (Å²) in [5.74, 6) is -1.90. The van der Waals surface area contributed by atoms with Gasteiger partial charge in [0.1, 0.15) is 12.7 Å². The first-order valence-corrected chi connectivity index (χ1v) is 6.06. The Balaban J connectivity index is 4.76. The van der Waals surface area contributed by atoms with E-state index in [1.54, 1.807) is 0 Å². The van der Waals surface area contributed by atoms with Crippen LogP contribution in [0.3, 0.4) is 0 Å². The van der Waals surface area contributed by atoms with E-state index in [1.807, 2.05) is 0 Å². The van der Waals surface area contributed by atoms with Gasteiger partial charge in [-0.05, 0) is 6.04 Å². The fourth-order valence-corrected chi connectivity index (χ4v) is 2.22. The molecule has 90 valence electrons. The normalized spacial score (nSPS) is 13.9. The van der Waals surface area contributed by atoms with Gasteiger partial charge in [-0.15, -0.1) is 0 Å². The van der Waals surface area contributed by atoms with Crippen LogP contribution in [0.4, 0.5) is 0 Å². The molecule has 0 aromatic carbocycles. The molecule has 0 aliphatic rings. The van der Waals surface area contributed by atoms with Gasteiger partial charge in [-0.2, -0.15) is 0 Å². The lowest BCUT2D eigenvalue weighted by atomic mass is 10.3. The van der Waals surface area contributed by atoms with Crippen molar-refractivity contribution in [1.82, 2.24) is 5.32 Å². The smallest absolute Gasteiger partial charge is 0.278 e. The molecule has 1 atom stereocenters. The van der Waals surface area contributed by atoms with Gasteiger partial charge in [-0.1, -0.05) is 0 Å². The number of hydrogen-bond acceptors (Lipinski definition) is 5. The average Bonchev–Trinajstić information content (AvgIpc) is 2.28. The first-order chi connectivity index (χ1) is 7.10. The SMILES string of the molecule is COC(C[SiH3])C(NC(=O)CO)(OC)OC. The lowest BCUT2D eigenvalue weighted by Gasteiger charge is -2.36. The van der Waals surface area contributed by atoms with Gasteiger partial charge in [0, 0.05) is 31.6 Å². The van der Waals surface area contributed by atoms with Gasteiger partial charge in [-0.3, -0.25) is 4.79 Å². The van der Waals surface area contributed by atoms with E-state index in [2.05, 4.69) is 5.32 Å². The topological polar surface area (TPSA) is 77.0 Å². The maximum Gasteiger partial charge on any atom is 0.278 e. The Bertz CT molecular complexity index is 193. The Labute approximate surface area is 92.3 Å². The Morgan fingerprint density at radius 2 is 2.00 bits per heavy atom. The third-order valence-corrected chi connectivity index (χ3v) is 2.88. The van der Waals surface area contributed by atoms with Gasteiger partial charge < -0.3 is 24.6 Å². The highest BCUT2D eigenvalue weighted by Crippen LogP contribution is 2.18. The van der Waals surface area contributed by atoms with Gasteiger partial charge >= 0.3 is 0 Å². The zero-order valence-electron chi connectivity index (χ0n) is 9.57. The summed E-state index contributed by atoms with van der Waals surface area (Å²) in [7, 11) is 5.20. The number of carbonyl (C=O) groups excluding carboxylic acids is 1. The first kappa shape index (κ1) is 14.5. The average molecular weight is 237 g/mol. The molecule has 0 aromatic heterocycles. The van der Waals surface area contributed by atoms with Crippen LogP contribution in [-0.2, 0) is 19.0 Å². The minimum absolute atomic E-state index is 0.394. The third kappa shape index (κ3) is 3.54. The van der Waals surface area contributed by atoms with E-state index in [-0.39, 0.29) is 0 Å². The lowest BCUT2D eigenvalue weighted by molar-refractivity contribution is -0.275. The van der Waals surface area contributed by atoms with Crippen LogP contribution in [0.25, 0.3) is 0 Å². The quantitative estimate of drug-likeness (QED) is 0.390. The van der Waals surface area contributed by atoms with E-state index in [0.29, 0.717) is 0 Å². The number of nitrogens with one attached hydrogen (secondary N) is 1. The first-order valence-electron chi connectivity index (χ1n) is 4.65. The van der Waals surface area contributed by atoms with E-state index in [1.165, 1.54) is 21.3 Å². The van der Waals surface area contributed by atoms with Crippen molar-refractivity contribution < 1.29 is 24.1 Å². The van der Waals surface area contributed by atoms with E-state index in [0.717, 1.165) is 16.3 Å². The zero-order valence-corrected chi connectivity index (χ0v) is 11.6. The standard InChI is InChI=1S/C8H19NO5Si/c1-12-6(5-15)8(13-2,14-3)9-7(11)4-10/h6,10H,4-5H2,1-3,15H3,(H,9,11). The Kier molecular flexibility index (Phi) is 6.69. The van der Waals surface area contributed by atoms with E-state index >= 15 is 0 Å². The molecule has 6 nitrogen and oxygen atoms in total. The maximum absolute atomic E-state index is 11.1. The molecule has 1 amide bonds. The number of ether oxygens (including phenoxy) is 3. The molecule has 0 fully saturated rings. The molecule has 0 saturated carbocycles. The largest absolute Gasteiger partial charge is 0.387 e. The molecular formula is C8H19NO5Si. The number of methoxy groups -OCH3 is 3. The van der Waals surface area contributed by atoms with Crippen LogP contribution >= 0.6 is 0 Å². The summed E-state index contributed by atoms with van der Waals surface area (Å²) in [5, 5.41) is 11.1. The summed E-state index contributed by atoms with van der Waals surface area (Å²) in [6, 6.07) is 0.726. The summed E-state index contributed by atoms with van der Waals surface area (Å²) in [6.45, 7) is -0.619. The highest BCUT2D eigenvalue weighted by atomic mass is 28.1. The fourth-order valence-electron chi connectivity index (χ4n) is 1.35. The van der Waals surface area contributed by atoms with Crippen molar-refractivity contribution in [2.24, 2.45) is 0 Å². The van der Waals surface area contributed by atoms with E-state index in [4.69, 9.17) is 19.3 Å². The minimum Gasteiger partial charge on any atom is -0.387 e. The summed E-state index contributed by atoms with van der Waals surface area (Å²) in [5.41, 5.74) is 0. The van der Waals surface area contributed by atoms with Crippen molar-refractivity contribution >= 4 is 16.1 Å². The highest BCUT2D eigenvalue weighted by Gasteiger charge is 2.40. The molecule has 0 saturated heterocycles. The fraction of sp³-hybridized carbons (Fsp3) is 0.875. The number of carbonyl (C=O) groups is 1. The molecule has 1 unspecified atom stereocenters. The third-order valence-electron chi connectivity index (χ3n) is 2.14. The molecule has 15 heavy (non-hydrogen) atoms. The minimum atomic E-state index is -1.32. The number of amides is 1. The van der Waals surface area contributed by atoms with Gasteiger partial charge in [-0.25, -0.2) is 0 Å². The second-order valence-electron chi connectivity index (χ2n) is 2.91. The van der Waals surface area contributed by atoms with E-state index in [9.17, 15) is 4.79 Å². The number of aliphatic hydroxyl groups is 1. The van der Waals surface area contributed by atoms with Crippen LogP contribution in [-0.4, -0.2) is 61.2 Å². The molecule has 0 spiro atoms. The van der Waals surface area contributed by atoms with Crippen molar-refractivity contribution in [3.05, 3.63) is 0 Å². The molecule has 0 radical (unpaired) electrons. The van der Waals surface area contributed by atoms with Crippen LogP contribution in [0.15, 0.2) is 0 Å². The Morgan fingerprint density at radius 3 is 2.27 bits per heavy atom. The van der Waals surface area contributed by atoms with Crippen LogP contribution in [0.2, 0.25) is 6.04 Å². The highest BCUT2D eigenvalue weighted by molar-refractivity contribution is 6.09. The molecule has 0 rings (SSSR count). The zero-order chi connectivity index (χ0) is 11.9. The van der Waals surface area contributed by atoms with Crippen LogP contribution < -0.4 is 5.32 Å². The Hall–Kier alpha value is -0.473. The van der Waals surface area contributed by atoms with Gasteiger partial charge in [0.15, 0.2) is 0 Å². The molecule has 0 bridgehead atoms. The lowest BCUT2D eigenvalue weighted by Crippen LogP contribution is -2.60. The molecule has 7 heteroatoms. The van der Waals surface area contributed by atoms with Crippen LogP contribution in [0.5, 0.6) is 0 Å². The van der Waals surface area contributed by atoms with Crippen LogP contribution in [0, 0.1) is 0 Å². The monoisotopic (exact) mass is 237 g/mol. The number of rotatable bonds is 7. The van der Waals surface area contributed by atoms with Gasteiger partial charge in [0.25, 0.3) is 5.91 Å². The second kappa shape index (κ2) is 6.91. The van der Waals surface area contributed by atoms with Gasteiger partial charge in [0.05, 0.1) is 0 Å². The molecule has 0 heterocycles. The predicted molar refractivity (Wildman–Crippen MR) is 57.5 cm³/mol. The summed E-state index contributed by atoms with van der Waals surface area (Å²) in [6.07, 6.45) is -0.394. The predicted octanol–water partition coefficient (Wildman–Crippen LogP) is -2.16. The van der Waals surface area contributed by atoms with Crippen molar-refractivity contribution in [3.63, 3.8) is 0 Å². The molecular weight excluding hydrogens is 218 g/mol. The van der Waals surface area contributed by atoms with Crippen LogP contribution in [0.1, 0.15) is 0 Å². The van der Waals surface area contributed by atoms with Crippen molar-refractivity contribution in [2.45, 2.75) is 18.1 Å². The molecule has 0 aliphatic heterocycles. The summed E-state index contributed by atoms with van der Waals surface area (Å²) >= 11 is 0. The second-order valence-corrected chi connectivity index (χ2v) is 3.73. The van der Waals surface area contributed by atoms with Crippen molar-refractivity contribution in [1.29, 1.82) is 0 Å². The number of hydrogen-bond donors (Lipinski definition) is 2. The summed E-state index contributed by atoms with van der Waals surface area (Å²) < 4.78 is 15.5. The Morgan fingerprint density at radius 1 is 1.47 bits per heavy atom. The van der Waals surface area contributed by atoms with E-state index < -0.39 is 24.5 Å². The molecule has 2 N–H and O–H groups in total. The van der Waals surface area contributed by atoms with Crippen molar-refractivity contribution in [3.8, 4) is 0 Å². The molecule has 0 aromatic rings. The maximum atomic E-state index is 11.1. The van der Waals surface area contributed by atoms with Gasteiger partial charge in [0.2, 0.25) is 5.91 Å². The van der Waals surface area contributed by atoms with Crippen molar-refractivity contribution in [2.75, 3.05) is 27.9 Å². The molecule has 0 aliphatic carbocycles. The number of aliphatic hydroxyl groups excluding tert-OH is 1.